The molecule has 0 fully saturated rings. The Bertz CT molecular complexity index is 963. The summed E-state index contributed by atoms with van der Waals surface area (Å²) in [6.07, 6.45) is 6.30. The molecule has 9 nitrogen and oxygen atoms in total. The zero-order chi connectivity index (χ0) is 21.0. The van der Waals surface area contributed by atoms with Gasteiger partial charge in [0.15, 0.2) is 11.8 Å². The van der Waals surface area contributed by atoms with Gasteiger partial charge in [0.25, 0.3) is 11.8 Å². The maximum atomic E-state index is 11.8. The molecule has 3 aromatic rings. The van der Waals surface area contributed by atoms with Crippen LogP contribution >= 0.6 is 11.8 Å². The molecule has 2 amide bonds. The molecule has 10 heteroatoms. The lowest BCUT2D eigenvalue weighted by atomic mass is 10.2. The molecule has 0 aliphatic heterocycles. The fourth-order valence-electron chi connectivity index (χ4n) is 2.15. The molecule has 2 heterocycles. The molecule has 0 saturated carbocycles. The maximum absolute atomic E-state index is 11.8. The number of hydrogen-bond donors (Lipinski definition) is 2. The Kier molecular flexibility index (Phi) is 7.98. The summed E-state index contributed by atoms with van der Waals surface area (Å²) in [5.74, 6) is 0.869. The van der Waals surface area contributed by atoms with Crippen LogP contribution in [0.25, 0.3) is 0 Å². The number of hydrogen-bond acceptors (Lipinski definition) is 8. The number of benzene rings is 1. The lowest BCUT2D eigenvalue weighted by Crippen LogP contribution is -2.28. The highest BCUT2D eigenvalue weighted by Gasteiger charge is 2.05. The van der Waals surface area contributed by atoms with Crippen LogP contribution in [-0.2, 0) is 16.1 Å². The van der Waals surface area contributed by atoms with Crippen LogP contribution in [0.4, 0.5) is 0 Å². The van der Waals surface area contributed by atoms with Gasteiger partial charge in [0, 0.05) is 12.4 Å². The summed E-state index contributed by atoms with van der Waals surface area (Å²) in [4.78, 5) is 31.6. The summed E-state index contributed by atoms with van der Waals surface area (Å²) in [6.45, 7) is 0.209. The van der Waals surface area contributed by atoms with Crippen molar-refractivity contribution in [2.75, 3.05) is 12.4 Å². The molecule has 3 rings (SSSR count). The summed E-state index contributed by atoms with van der Waals surface area (Å²) < 4.78 is 10.6. The minimum atomic E-state index is -0.260. The van der Waals surface area contributed by atoms with Gasteiger partial charge in [-0.25, -0.2) is 15.4 Å². The maximum Gasteiger partial charge on any atom is 0.258 e. The largest absolute Gasteiger partial charge is 0.484 e. The second kappa shape index (κ2) is 11.4. The van der Waals surface area contributed by atoms with E-state index in [1.165, 1.54) is 18.0 Å². The summed E-state index contributed by atoms with van der Waals surface area (Å²) in [6, 6.07) is 12.2. The molecule has 0 radical (unpaired) electrons. The van der Waals surface area contributed by atoms with Gasteiger partial charge in [-0.1, -0.05) is 11.8 Å². The topological polar surface area (TPSA) is 119 Å². The van der Waals surface area contributed by atoms with Crippen molar-refractivity contribution in [1.82, 2.24) is 20.7 Å². The van der Waals surface area contributed by atoms with E-state index in [-0.39, 0.29) is 24.2 Å². The normalized spacial score (nSPS) is 10.7. The van der Waals surface area contributed by atoms with Gasteiger partial charge < -0.3 is 14.5 Å². The number of thioether (sulfide) groups is 1. The van der Waals surface area contributed by atoms with E-state index < -0.39 is 0 Å². The second-order valence-corrected chi connectivity index (χ2v) is 6.77. The molecule has 0 atom stereocenters. The van der Waals surface area contributed by atoms with Crippen LogP contribution < -0.4 is 15.5 Å². The lowest BCUT2D eigenvalue weighted by molar-refractivity contribution is -0.123. The van der Waals surface area contributed by atoms with Crippen molar-refractivity contribution < 1.29 is 18.7 Å². The molecular formula is C20H19N5O4S. The van der Waals surface area contributed by atoms with Crippen LogP contribution in [0, 0.1) is 0 Å². The van der Waals surface area contributed by atoms with Gasteiger partial charge in [-0.2, -0.15) is 5.10 Å². The predicted octanol–water partition coefficient (Wildman–Crippen LogP) is 2.01. The zero-order valence-electron chi connectivity index (χ0n) is 15.9. The molecule has 0 spiro atoms. The Morgan fingerprint density at radius 1 is 1.10 bits per heavy atom. The molecule has 1 aromatic carbocycles. The average Bonchev–Trinajstić information content (AvgIpc) is 3.30. The number of furan rings is 1. The highest BCUT2D eigenvalue weighted by atomic mass is 32.2. The van der Waals surface area contributed by atoms with Crippen molar-refractivity contribution in [3.8, 4) is 5.75 Å². The number of carbonyl (C=O) groups excluding carboxylic acids is 2. The zero-order valence-corrected chi connectivity index (χ0v) is 16.7. The van der Waals surface area contributed by atoms with Gasteiger partial charge in [-0.15, -0.1) is 0 Å². The Hall–Kier alpha value is -3.66. The van der Waals surface area contributed by atoms with Crippen molar-refractivity contribution in [1.29, 1.82) is 0 Å². The number of hydrazone groups is 1. The molecule has 0 bridgehead atoms. The first-order valence-electron chi connectivity index (χ1n) is 8.93. The minimum Gasteiger partial charge on any atom is -0.484 e. The summed E-state index contributed by atoms with van der Waals surface area (Å²) in [7, 11) is 0. The SMILES string of the molecule is O=C(COc1ccc(/C=N\NC(=O)CSc2ncccn2)cc1)NCc1ccco1. The van der Waals surface area contributed by atoms with E-state index >= 15 is 0 Å². The Labute approximate surface area is 176 Å². The van der Waals surface area contributed by atoms with Gasteiger partial charge in [-0.3, -0.25) is 9.59 Å². The smallest absolute Gasteiger partial charge is 0.258 e. The third-order valence-corrected chi connectivity index (χ3v) is 4.44. The van der Waals surface area contributed by atoms with Gasteiger partial charge in [-0.05, 0) is 48.0 Å². The molecule has 2 N–H and O–H groups in total. The first kappa shape index (κ1) is 21.1. The number of amides is 2. The van der Waals surface area contributed by atoms with E-state index in [1.54, 1.807) is 61.1 Å². The summed E-state index contributed by atoms with van der Waals surface area (Å²) in [5.41, 5.74) is 3.21. The first-order valence-corrected chi connectivity index (χ1v) is 9.91. The predicted molar refractivity (Wildman–Crippen MR) is 111 cm³/mol. The van der Waals surface area contributed by atoms with Crippen LogP contribution in [0.3, 0.4) is 0 Å². The Morgan fingerprint density at radius 3 is 2.63 bits per heavy atom. The van der Waals surface area contributed by atoms with Crippen molar-refractivity contribution in [3.05, 3.63) is 72.4 Å². The van der Waals surface area contributed by atoms with Crippen LogP contribution in [-0.4, -0.2) is 40.4 Å². The lowest BCUT2D eigenvalue weighted by Gasteiger charge is -2.06. The van der Waals surface area contributed by atoms with E-state index in [2.05, 4.69) is 25.8 Å². The van der Waals surface area contributed by atoms with Gasteiger partial charge >= 0.3 is 0 Å². The van der Waals surface area contributed by atoms with E-state index in [0.29, 0.717) is 23.2 Å². The Balaban J connectivity index is 1.35. The van der Waals surface area contributed by atoms with Crippen LogP contribution in [0.5, 0.6) is 5.75 Å². The monoisotopic (exact) mass is 425 g/mol. The molecule has 0 unspecified atom stereocenters. The highest BCUT2D eigenvalue weighted by molar-refractivity contribution is 7.99. The summed E-state index contributed by atoms with van der Waals surface area (Å²) in [5, 5.41) is 7.14. The number of carbonyl (C=O) groups is 2. The third-order valence-electron chi connectivity index (χ3n) is 3.57. The van der Waals surface area contributed by atoms with E-state index in [1.807, 2.05) is 0 Å². The van der Waals surface area contributed by atoms with E-state index in [0.717, 1.165) is 5.56 Å². The minimum absolute atomic E-state index is 0.104. The van der Waals surface area contributed by atoms with Gasteiger partial charge in [0.2, 0.25) is 0 Å². The fourth-order valence-corrected chi connectivity index (χ4v) is 2.75. The highest BCUT2D eigenvalue weighted by Crippen LogP contribution is 2.11. The van der Waals surface area contributed by atoms with Crippen molar-refractivity contribution in [2.45, 2.75) is 11.7 Å². The molecule has 0 aliphatic rings. The Morgan fingerprint density at radius 2 is 1.90 bits per heavy atom. The number of nitrogens with one attached hydrogen (secondary N) is 2. The summed E-state index contributed by atoms with van der Waals surface area (Å²) >= 11 is 1.22. The molecule has 30 heavy (non-hydrogen) atoms. The number of aromatic nitrogens is 2. The number of rotatable bonds is 10. The number of nitrogens with zero attached hydrogens (tertiary/aromatic N) is 3. The van der Waals surface area contributed by atoms with Crippen molar-refractivity contribution >= 4 is 29.8 Å². The van der Waals surface area contributed by atoms with Crippen molar-refractivity contribution in [3.63, 3.8) is 0 Å². The van der Waals surface area contributed by atoms with Gasteiger partial charge in [0.05, 0.1) is 24.8 Å². The molecule has 154 valence electrons. The molecule has 2 aromatic heterocycles. The van der Waals surface area contributed by atoms with E-state index in [9.17, 15) is 9.59 Å². The number of ether oxygens (including phenoxy) is 1. The van der Waals surface area contributed by atoms with Gasteiger partial charge in [0.1, 0.15) is 11.5 Å². The fraction of sp³-hybridized carbons (Fsp3) is 0.150. The van der Waals surface area contributed by atoms with Crippen LogP contribution in [0.2, 0.25) is 0 Å². The van der Waals surface area contributed by atoms with E-state index in [4.69, 9.17) is 9.15 Å². The van der Waals surface area contributed by atoms with Crippen molar-refractivity contribution in [2.24, 2.45) is 5.10 Å². The second-order valence-electron chi connectivity index (χ2n) is 5.83. The standard InChI is InChI=1S/C20H19N5O4S/c26-18(23-12-17-3-1-10-28-17)13-29-16-6-4-15(5-7-16)11-24-25-19(27)14-30-20-21-8-2-9-22-20/h1-11H,12-14H2,(H,23,26)(H,25,27)/b24-11-. The average molecular weight is 425 g/mol. The molecular weight excluding hydrogens is 406 g/mol. The molecule has 0 saturated heterocycles. The quantitative estimate of drug-likeness (QED) is 0.221. The molecule has 0 aliphatic carbocycles. The van der Waals surface area contributed by atoms with Crippen LogP contribution in [0.1, 0.15) is 11.3 Å². The first-order chi connectivity index (χ1) is 14.7. The van der Waals surface area contributed by atoms with Crippen LogP contribution in [0.15, 0.2) is 75.8 Å². The third kappa shape index (κ3) is 7.40.